The first-order valence-electron chi connectivity index (χ1n) is 16.7. The Bertz CT molecular complexity index is 1790. The molecule has 9 atom stereocenters. The van der Waals surface area contributed by atoms with Gasteiger partial charge in [-0.25, -0.2) is 0 Å². The monoisotopic (exact) mass is 727 g/mol. The number of amides is 1. The fraction of sp³-hybridized carbons (Fsp3) is 0.486. The molecule has 0 saturated carbocycles. The van der Waals surface area contributed by atoms with E-state index in [-0.39, 0.29) is 16.9 Å². The first-order chi connectivity index (χ1) is 24.3. The van der Waals surface area contributed by atoms with Crippen LogP contribution >= 0.6 is 0 Å². The molecule has 1 aromatic carbocycles. The molecule has 0 unspecified atom stereocenters. The number of allylic oxidation sites excluding steroid dienone is 3. The van der Waals surface area contributed by atoms with E-state index in [1.807, 2.05) is 0 Å². The number of methoxy groups -OCH3 is 1. The van der Waals surface area contributed by atoms with Crippen LogP contribution in [0.3, 0.4) is 0 Å². The van der Waals surface area contributed by atoms with Gasteiger partial charge in [0.25, 0.3) is 17.5 Å². The van der Waals surface area contributed by atoms with Gasteiger partial charge in [0.1, 0.15) is 23.3 Å². The molecular formula is C37H45NO14. The molecule has 3 aliphatic heterocycles. The molecule has 1 amide bonds. The highest BCUT2D eigenvalue weighted by Crippen LogP contribution is 2.49. The van der Waals surface area contributed by atoms with Crippen LogP contribution < -0.4 is 10.1 Å². The lowest BCUT2D eigenvalue weighted by Crippen LogP contribution is -2.47. The molecule has 15 nitrogen and oxygen atoms in total. The van der Waals surface area contributed by atoms with Crippen molar-refractivity contribution in [1.29, 1.82) is 0 Å². The molecule has 0 fully saturated rings. The minimum Gasteiger partial charge on any atom is -0.507 e. The van der Waals surface area contributed by atoms with Crippen molar-refractivity contribution in [3.05, 3.63) is 64.1 Å². The topological polar surface area (TPSA) is 235 Å². The van der Waals surface area contributed by atoms with Crippen molar-refractivity contribution in [3.63, 3.8) is 0 Å². The van der Waals surface area contributed by atoms with Crippen molar-refractivity contribution in [2.45, 2.75) is 78.7 Å². The average Bonchev–Trinajstić information content (AvgIpc) is 3.37. The number of aliphatic hydroxyl groups is 4. The summed E-state index contributed by atoms with van der Waals surface area (Å²) >= 11 is 0. The molecular weight excluding hydrogens is 682 g/mol. The number of phenols is 1. The zero-order chi connectivity index (χ0) is 39.0. The summed E-state index contributed by atoms with van der Waals surface area (Å²) in [5.74, 6) is -12.4. The number of Topliss-reactive ketones (excluding diaryl/α,β-unsaturated/α-hetero) is 3. The first kappa shape index (κ1) is 39.9. The maximum absolute atomic E-state index is 13.9. The van der Waals surface area contributed by atoms with Gasteiger partial charge in [0.15, 0.2) is 5.76 Å². The van der Waals surface area contributed by atoms with Crippen LogP contribution in [0.15, 0.2) is 41.8 Å². The number of aromatic hydroxyl groups is 1. The molecule has 0 spiro atoms. The highest BCUT2D eigenvalue weighted by atomic mass is 16.7. The minimum atomic E-state index is -2.14. The Labute approximate surface area is 300 Å². The summed E-state index contributed by atoms with van der Waals surface area (Å²) in [4.78, 5) is 66.1. The van der Waals surface area contributed by atoms with Crippen LogP contribution in [0.1, 0.15) is 73.4 Å². The van der Waals surface area contributed by atoms with E-state index in [0.717, 1.165) is 6.26 Å². The second-order valence-electron chi connectivity index (χ2n) is 13.5. The smallest absolute Gasteiger partial charge is 0.312 e. The summed E-state index contributed by atoms with van der Waals surface area (Å²) in [6.07, 6.45) is 2.14. The number of benzene rings is 1. The van der Waals surface area contributed by atoms with Crippen LogP contribution in [-0.4, -0.2) is 98.7 Å². The summed E-state index contributed by atoms with van der Waals surface area (Å²) in [7, 11) is 1.37. The second-order valence-corrected chi connectivity index (χ2v) is 13.5. The predicted octanol–water partition coefficient (Wildman–Crippen LogP) is 2.33. The third kappa shape index (κ3) is 7.13. The number of esters is 1. The number of rotatable bonds is 3. The Hall–Kier alpha value is -4.83. The average molecular weight is 728 g/mol. The van der Waals surface area contributed by atoms with E-state index in [1.165, 1.54) is 59.1 Å². The third-order valence-electron chi connectivity index (χ3n) is 9.99. The lowest BCUT2D eigenvalue weighted by molar-refractivity contribution is -0.160. The summed E-state index contributed by atoms with van der Waals surface area (Å²) in [6.45, 7) is 9.49. The number of fused-ring (bicyclic) bond motifs is 14. The van der Waals surface area contributed by atoms with Crippen molar-refractivity contribution in [3.8, 4) is 11.5 Å². The Morgan fingerprint density at radius 3 is 2.19 bits per heavy atom. The fourth-order valence-corrected chi connectivity index (χ4v) is 6.73. The second kappa shape index (κ2) is 15.4. The van der Waals surface area contributed by atoms with Crippen LogP contribution in [0.2, 0.25) is 0 Å². The number of phenolic OH excluding ortho intramolecular Hbond substituents is 1. The molecule has 5 rings (SSSR count). The van der Waals surface area contributed by atoms with E-state index >= 15 is 0 Å². The molecule has 1 aromatic rings. The van der Waals surface area contributed by atoms with Crippen LogP contribution in [0.4, 0.5) is 0 Å². The first-order valence-corrected chi connectivity index (χ1v) is 16.7. The lowest BCUT2D eigenvalue weighted by atomic mass is 9.78. The molecule has 0 radical (unpaired) electrons. The van der Waals surface area contributed by atoms with E-state index < -0.39 is 124 Å². The van der Waals surface area contributed by atoms with E-state index in [1.54, 1.807) is 20.8 Å². The highest BCUT2D eigenvalue weighted by molar-refractivity contribution is 6.53. The summed E-state index contributed by atoms with van der Waals surface area (Å²) in [5.41, 5.74) is -2.54. The van der Waals surface area contributed by atoms with Gasteiger partial charge in [-0.15, -0.1) is 0 Å². The number of hydrogen-bond donors (Lipinski definition) is 6. The number of ether oxygens (including phenoxy) is 4. The fourth-order valence-electron chi connectivity index (χ4n) is 6.73. The molecule has 282 valence electrons. The molecule has 6 N–H and O–H groups in total. The van der Waals surface area contributed by atoms with Crippen LogP contribution in [0, 0.1) is 30.6 Å². The number of hydrogen-bond acceptors (Lipinski definition) is 14. The number of nitrogens with one attached hydrogen (secondary N) is 1. The van der Waals surface area contributed by atoms with Crippen LogP contribution in [0.25, 0.3) is 5.76 Å². The standard InChI is InChI=1S/C37H45NO14/c1-15-10-9-11-21(14-39)28(42)17(3)27(41)18(4)33(51-20(6)40)16(2)22(49-8)12-13-50-37(7)35(47)25-23-24(29(43)19(5)34(25)52-37)30(44)26(38-36(15)48)32(46)31(23)45/h9-13,16-18,21-22,27-28,33,39,41-44H,14H2,1-8H3,(H,38,48)/b11-9-,13-12-,15-10-/t16-,17+,18-,21-,22+,27-,28-,33-,37+/m1/s1. The van der Waals surface area contributed by atoms with E-state index in [9.17, 15) is 49.5 Å². The molecule has 1 aliphatic carbocycles. The van der Waals surface area contributed by atoms with Gasteiger partial charge in [-0.1, -0.05) is 39.0 Å². The van der Waals surface area contributed by atoms with E-state index in [2.05, 4.69) is 5.32 Å². The Balaban J connectivity index is 1.89. The molecule has 0 aromatic heterocycles. The van der Waals surface area contributed by atoms with Crippen molar-refractivity contribution in [2.75, 3.05) is 13.7 Å². The zero-order valence-corrected chi connectivity index (χ0v) is 30.1. The number of ketones is 3. The molecule has 15 heteroatoms. The quantitative estimate of drug-likeness (QED) is 0.194. The molecule has 4 aliphatic rings. The molecule has 0 saturated heterocycles. The molecule has 52 heavy (non-hydrogen) atoms. The number of carbonyl (C=O) groups excluding carboxylic acids is 5. The lowest BCUT2D eigenvalue weighted by Gasteiger charge is -2.38. The largest absolute Gasteiger partial charge is 0.507 e. The van der Waals surface area contributed by atoms with Crippen LogP contribution in [-0.2, 0) is 28.6 Å². The normalized spacial score (nSPS) is 33.8. The van der Waals surface area contributed by atoms with Gasteiger partial charge >= 0.3 is 11.8 Å². The van der Waals surface area contributed by atoms with Gasteiger partial charge in [0.05, 0.1) is 47.9 Å². The van der Waals surface area contributed by atoms with Crippen molar-refractivity contribution < 1.29 is 68.5 Å². The number of aliphatic hydroxyl groups excluding tert-OH is 4. The van der Waals surface area contributed by atoms with Gasteiger partial charge in [0, 0.05) is 55.8 Å². The summed E-state index contributed by atoms with van der Waals surface area (Å²) < 4.78 is 22.9. The van der Waals surface area contributed by atoms with Gasteiger partial charge in [-0.05, 0) is 19.9 Å². The number of carbonyl (C=O) groups is 5. The van der Waals surface area contributed by atoms with Gasteiger partial charge in [-0.2, -0.15) is 0 Å². The van der Waals surface area contributed by atoms with Crippen molar-refractivity contribution in [2.24, 2.45) is 23.7 Å². The van der Waals surface area contributed by atoms with Gasteiger partial charge in [-0.3, -0.25) is 24.0 Å². The van der Waals surface area contributed by atoms with E-state index in [0.29, 0.717) is 0 Å². The predicted molar refractivity (Wildman–Crippen MR) is 183 cm³/mol. The maximum atomic E-state index is 13.9. The molecule has 3 heterocycles. The minimum absolute atomic E-state index is 0.0326. The maximum Gasteiger partial charge on any atom is 0.312 e. The van der Waals surface area contributed by atoms with Crippen molar-refractivity contribution in [1.82, 2.24) is 5.32 Å². The van der Waals surface area contributed by atoms with Crippen LogP contribution in [0.5, 0.6) is 11.5 Å². The van der Waals surface area contributed by atoms with E-state index in [4.69, 9.17) is 18.9 Å². The van der Waals surface area contributed by atoms with Gasteiger partial charge < -0.3 is 49.8 Å². The van der Waals surface area contributed by atoms with Gasteiger partial charge in [0.2, 0.25) is 5.78 Å². The summed E-state index contributed by atoms with van der Waals surface area (Å²) in [5, 5.41) is 57.2. The highest BCUT2D eigenvalue weighted by Gasteiger charge is 2.53. The Morgan fingerprint density at radius 2 is 1.60 bits per heavy atom. The summed E-state index contributed by atoms with van der Waals surface area (Å²) in [6, 6.07) is 0. The molecule has 5 bridgehead atoms. The van der Waals surface area contributed by atoms with Crippen molar-refractivity contribution >= 4 is 35.0 Å². The Morgan fingerprint density at radius 1 is 0.942 bits per heavy atom. The zero-order valence-electron chi connectivity index (χ0n) is 30.1. The third-order valence-corrected chi connectivity index (χ3v) is 9.99. The SMILES string of the molecule is CO[C@H]1/C=C\O[C@@]2(C)Oc3c(C)c(O)c4c(c3C2=O)C(=O)C(=O)C(=C4O)NC(=O)/C(C)=C\C=C/[C@H](CO)[C@H](O)[C@@H](C)[C@@H](O)[C@@H](C)[C@H](OC(C)=O)[C@@H]1C. The Kier molecular flexibility index (Phi) is 11.8.